The van der Waals surface area contributed by atoms with Gasteiger partial charge in [0.1, 0.15) is 5.82 Å². The normalized spacial score (nSPS) is 11.3. The molecule has 104 valence electrons. The number of aryl methyl sites for hydroxylation is 2. The molecule has 1 N–H and O–H groups in total. The summed E-state index contributed by atoms with van der Waals surface area (Å²) in [7, 11) is 1.96. The average molecular weight is 269 g/mol. The zero-order valence-corrected chi connectivity index (χ0v) is 11.9. The minimum atomic E-state index is 0.835. The molecule has 1 aromatic carbocycles. The molecule has 0 aliphatic heterocycles. The van der Waals surface area contributed by atoms with Gasteiger partial charge in [0.25, 0.3) is 0 Å². The van der Waals surface area contributed by atoms with Gasteiger partial charge in [0.15, 0.2) is 0 Å². The molecule has 0 atom stereocenters. The van der Waals surface area contributed by atoms with Gasteiger partial charge in [-0.2, -0.15) is 5.10 Å². The van der Waals surface area contributed by atoms with Gasteiger partial charge < -0.3 is 9.88 Å². The first-order valence-corrected chi connectivity index (χ1v) is 6.85. The third-order valence-electron chi connectivity index (χ3n) is 3.59. The molecule has 0 aliphatic rings. The van der Waals surface area contributed by atoms with E-state index in [-0.39, 0.29) is 0 Å². The van der Waals surface area contributed by atoms with E-state index in [0.717, 1.165) is 31.0 Å². The number of aromatic nitrogens is 4. The average Bonchev–Trinajstić information content (AvgIpc) is 2.98. The second-order valence-corrected chi connectivity index (χ2v) is 4.92. The molecule has 3 rings (SSSR count). The van der Waals surface area contributed by atoms with Crippen molar-refractivity contribution in [1.29, 1.82) is 0 Å². The molecule has 0 amide bonds. The minimum Gasteiger partial charge on any atom is -0.327 e. The molecule has 0 unspecified atom stereocenters. The number of nitrogens with zero attached hydrogens (tertiary/aromatic N) is 4. The molecule has 0 saturated carbocycles. The van der Waals surface area contributed by atoms with Crippen LogP contribution in [-0.2, 0) is 20.1 Å². The molecule has 0 bridgehead atoms. The predicted molar refractivity (Wildman–Crippen MR) is 79.4 cm³/mol. The van der Waals surface area contributed by atoms with Crippen molar-refractivity contribution in [2.24, 2.45) is 7.05 Å². The van der Waals surface area contributed by atoms with Gasteiger partial charge in [0.05, 0.1) is 16.7 Å². The molecule has 0 aliphatic carbocycles. The second-order valence-electron chi connectivity index (χ2n) is 4.92. The van der Waals surface area contributed by atoms with Crippen molar-refractivity contribution in [3.05, 3.63) is 48.0 Å². The zero-order valence-electron chi connectivity index (χ0n) is 11.9. The van der Waals surface area contributed by atoms with Crippen LogP contribution in [0.25, 0.3) is 11.0 Å². The molecular weight excluding hydrogens is 250 g/mol. The molecule has 3 aromatic rings. The lowest BCUT2D eigenvalue weighted by Crippen LogP contribution is -2.21. The number of benzene rings is 1. The summed E-state index contributed by atoms with van der Waals surface area (Å²) in [6, 6.07) is 10.3. The molecule has 0 fully saturated rings. The van der Waals surface area contributed by atoms with Gasteiger partial charge in [-0.15, -0.1) is 0 Å². The van der Waals surface area contributed by atoms with Crippen molar-refractivity contribution in [2.75, 3.05) is 6.54 Å². The maximum absolute atomic E-state index is 4.58. The van der Waals surface area contributed by atoms with Crippen molar-refractivity contribution in [3.8, 4) is 0 Å². The van der Waals surface area contributed by atoms with Crippen LogP contribution in [0.5, 0.6) is 0 Å². The summed E-state index contributed by atoms with van der Waals surface area (Å²) in [6.07, 6.45) is 1.82. The lowest BCUT2D eigenvalue weighted by Gasteiger charge is -2.08. The fourth-order valence-electron chi connectivity index (χ4n) is 2.46. The van der Waals surface area contributed by atoms with E-state index in [2.05, 4.69) is 45.1 Å². The van der Waals surface area contributed by atoms with E-state index < -0.39 is 0 Å². The number of fused-ring (bicyclic) bond motifs is 1. The Hall–Kier alpha value is -2.14. The first-order chi connectivity index (χ1) is 9.75. The molecule has 5 heteroatoms. The van der Waals surface area contributed by atoms with Gasteiger partial charge in [0.2, 0.25) is 0 Å². The summed E-state index contributed by atoms with van der Waals surface area (Å²) in [4.78, 5) is 4.58. The highest BCUT2D eigenvalue weighted by Gasteiger charge is 2.05. The maximum Gasteiger partial charge on any atom is 0.106 e. The van der Waals surface area contributed by atoms with Crippen molar-refractivity contribution in [1.82, 2.24) is 24.6 Å². The van der Waals surface area contributed by atoms with E-state index in [1.165, 1.54) is 11.2 Å². The van der Waals surface area contributed by atoms with Crippen LogP contribution in [-0.4, -0.2) is 25.9 Å². The second kappa shape index (κ2) is 5.46. The van der Waals surface area contributed by atoms with Crippen LogP contribution in [0.4, 0.5) is 0 Å². The first kappa shape index (κ1) is 12.9. The Kier molecular flexibility index (Phi) is 3.52. The van der Waals surface area contributed by atoms with Crippen LogP contribution in [0.15, 0.2) is 36.5 Å². The highest BCUT2D eigenvalue weighted by atomic mass is 15.3. The van der Waals surface area contributed by atoms with E-state index in [9.17, 15) is 0 Å². The standard InChI is InChI=1S/C15H19N5/c1-12-18-14-5-3-4-6-15(14)20(12)10-9-16-11-13-7-8-17-19(13)2/h3-8,16H,9-11H2,1-2H3. The SMILES string of the molecule is Cc1nc2ccccc2n1CCNCc1ccnn1C. The lowest BCUT2D eigenvalue weighted by atomic mass is 10.3. The summed E-state index contributed by atoms with van der Waals surface area (Å²) in [5, 5.41) is 7.61. The molecule has 0 saturated heterocycles. The highest BCUT2D eigenvalue weighted by Crippen LogP contribution is 2.14. The predicted octanol–water partition coefficient (Wildman–Crippen LogP) is 1.87. The summed E-state index contributed by atoms with van der Waals surface area (Å²) >= 11 is 0. The van der Waals surface area contributed by atoms with Gasteiger partial charge in [-0.1, -0.05) is 12.1 Å². The Bertz CT molecular complexity index is 710. The van der Waals surface area contributed by atoms with Crippen LogP contribution < -0.4 is 5.32 Å². The maximum atomic E-state index is 4.58. The number of para-hydroxylation sites is 2. The molecule has 5 nitrogen and oxygen atoms in total. The number of imidazole rings is 1. The van der Waals surface area contributed by atoms with E-state index in [1.54, 1.807) is 0 Å². The van der Waals surface area contributed by atoms with Crippen LogP contribution in [0.1, 0.15) is 11.5 Å². The smallest absolute Gasteiger partial charge is 0.106 e. The summed E-state index contributed by atoms with van der Waals surface area (Å²) in [5.74, 6) is 1.06. The van der Waals surface area contributed by atoms with Crippen molar-refractivity contribution < 1.29 is 0 Å². The molecule has 0 radical (unpaired) electrons. The Morgan fingerprint density at radius 1 is 1.20 bits per heavy atom. The molecular formula is C15H19N5. The van der Waals surface area contributed by atoms with E-state index >= 15 is 0 Å². The van der Waals surface area contributed by atoms with Crippen LogP contribution in [0, 0.1) is 6.92 Å². The zero-order chi connectivity index (χ0) is 13.9. The largest absolute Gasteiger partial charge is 0.327 e. The topological polar surface area (TPSA) is 47.7 Å². The summed E-state index contributed by atoms with van der Waals surface area (Å²) in [6.45, 7) is 4.72. The third-order valence-corrected chi connectivity index (χ3v) is 3.59. The third kappa shape index (κ3) is 2.44. The highest BCUT2D eigenvalue weighted by molar-refractivity contribution is 5.75. The fourth-order valence-corrected chi connectivity index (χ4v) is 2.46. The Morgan fingerprint density at radius 3 is 2.85 bits per heavy atom. The van der Waals surface area contributed by atoms with Crippen LogP contribution in [0.3, 0.4) is 0 Å². The van der Waals surface area contributed by atoms with Crippen molar-refractivity contribution in [2.45, 2.75) is 20.0 Å². The Morgan fingerprint density at radius 2 is 2.05 bits per heavy atom. The quantitative estimate of drug-likeness (QED) is 0.719. The van der Waals surface area contributed by atoms with Gasteiger partial charge >= 0.3 is 0 Å². The number of hydrogen-bond acceptors (Lipinski definition) is 3. The van der Waals surface area contributed by atoms with Crippen molar-refractivity contribution in [3.63, 3.8) is 0 Å². The van der Waals surface area contributed by atoms with E-state index in [4.69, 9.17) is 0 Å². The van der Waals surface area contributed by atoms with Crippen molar-refractivity contribution >= 4 is 11.0 Å². The summed E-state index contributed by atoms with van der Waals surface area (Å²) in [5.41, 5.74) is 3.46. The Labute approximate surface area is 118 Å². The van der Waals surface area contributed by atoms with Gasteiger partial charge in [0, 0.05) is 32.9 Å². The summed E-state index contributed by atoms with van der Waals surface area (Å²) < 4.78 is 4.15. The lowest BCUT2D eigenvalue weighted by molar-refractivity contribution is 0.574. The first-order valence-electron chi connectivity index (χ1n) is 6.85. The molecule has 2 heterocycles. The number of hydrogen-bond donors (Lipinski definition) is 1. The van der Waals surface area contributed by atoms with Gasteiger partial charge in [-0.25, -0.2) is 4.98 Å². The number of nitrogens with one attached hydrogen (secondary N) is 1. The van der Waals surface area contributed by atoms with Crippen LogP contribution in [0.2, 0.25) is 0 Å². The monoisotopic (exact) mass is 269 g/mol. The Balaban J connectivity index is 1.63. The molecule has 20 heavy (non-hydrogen) atoms. The fraction of sp³-hybridized carbons (Fsp3) is 0.333. The van der Waals surface area contributed by atoms with Crippen LogP contribution >= 0.6 is 0 Å². The van der Waals surface area contributed by atoms with E-state index in [0.29, 0.717) is 0 Å². The van der Waals surface area contributed by atoms with E-state index in [1.807, 2.05) is 30.1 Å². The van der Waals surface area contributed by atoms with Gasteiger partial charge in [-0.05, 0) is 25.1 Å². The molecule has 2 aromatic heterocycles. The number of rotatable bonds is 5. The molecule has 0 spiro atoms. The minimum absolute atomic E-state index is 0.835. The van der Waals surface area contributed by atoms with Gasteiger partial charge in [-0.3, -0.25) is 4.68 Å².